The lowest BCUT2D eigenvalue weighted by molar-refractivity contribution is -0.122. The lowest BCUT2D eigenvalue weighted by Gasteiger charge is -2.20. The third-order valence-electron chi connectivity index (χ3n) is 2.80. The number of imide groups is 1. The van der Waals surface area contributed by atoms with Crippen molar-refractivity contribution in [3.63, 3.8) is 0 Å². The maximum Gasteiger partial charge on any atom is 0.415 e. The zero-order chi connectivity index (χ0) is 10.1. The number of carbonyl (C=O) groups is 2. The minimum Gasteiger partial charge on any atom is -0.431 e. The number of nitrogens with one attached hydrogen (secondary N) is 1. The quantitative estimate of drug-likeness (QED) is 0.645. The first kappa shape index (κ1) is 9.24. The number of carbonyl (C=O) groups excluding carboxylic acids is 2. The molecule has 0 saturated carbocycles. The van der Waals surface area contributed by atoms with Crippen molar-refractivity contribution in [3.05, 3.63) is 11.1 Å². The molecule has 1 heterocycles. The third kappa shape index (κ3) is 1.52. The lowest BCUT2D eigenvalue weighted by Crippen LogP contribution is -2.27. The number of rotatable bonds is 1. The Labute approximate surface area is 82.3 Å². The summed E-state index contributed by atoms with van der Waals surface area (Å²) in [6.45, 7) is 2.01. The summed E-state index contributed by atoms with van der Waals surface area (Å²) in [7, 11) is 0. The van der Waals surface area contributed by atoms with E-state index in [1.807, 2.05) is 6.92 Å². The summed E-state index contributed by atoms with van der Waals surface area (Å²) in [4.78, 5) is 22.2. The number of hydrogen-bond donors (Lipinski definition) is 1. The molecule has 1 atom stereocenters. The van der Waals surface area contributed by atoms with Gasteiger partial charge in [0.2, 0.25) is 6.10 Å². The van der Waals surface area contributed by atoms with E-state index in [4.69, 9.17) is 4.74 Å². The van der Waals surface area contributed by atoms with E-state index >= 15 is 0 Å². The summed E-state index contributed by atoms with van der Waals surface area (Å²) < 4.78 is 4.93. The van der Waals surface area contributed by atoms with Gasteiger partial charge in [0, 0.05) is 0 Å². The SMILES string of the molecule is CC1=C(C2OC(=O)NC2=O)CCCC1. The van der Waals surface area contributed by atoms with Gasteiger partial charge in [0.1, 0.15) is 0 Å². The number of cyclic esters (lactones) is 1. The molecule has 1 saturated heterocycles. The molecule has 4 heteroatoms. The highest BCUT2D eigenvalue weighted by Gasteiger charge is 2.36. The highest BCUT2D eigenvalue weighted by atomic mass is 16.6. The molecule has 1 unspecified atom stereocenters. The van der Waals surface area contributed by atoms with E-state index < -0.39 is 12.2 Å². The predicted octanol–water partition coefficient (Wildman–Crippen LogP) is 1.51. The summed E-state index contributed by atoms with van der Waals surface area (Å²) in [5, 5.41) is 2.15. The molecule has 76 valence electrons. The molecule has 1 aliphatic heterocycles. The van der Waals surface area contributed by atoms with E-state index in [0.29, 0.717) is 0 Å². The van der Waals surface area contributed by atoms with E-state index in [-0.39, 0.29) is 5.91 Å². The van der Waals surface area contributed by atoms with Gasteiger partial charge in [-0.2, -0.15) is 0 Å². The van der Waals surface area contributed by atoms with Gasteiger partial charge in [0.05, 0.1) is 0 Å². The van der Waals surface area contributed by atoms with Gasteiger partial charge in [-0.25, -0.2) is 4.79 Å². The second-order valence-electron chi connectivity index (χ2n) is 3.79. The lowest BCUT2D eigenvalue weighted by atomic mass is 9.89. The number of hydrogen-bond acceptors (Lipinski definition) is 3. The van der Waals surface area contributed by atoms with Gasteiger partial charge in [-0.3, -0.25) is 10.1 Å². The topological polar surface area (TPSA) is 55.4 Å². The molecule has 0 aromatic rings. The van der Waals surface area contributed by atoms with Crippen LogP contribution in [-0.2, 0) is 9.53 Å². The van der Waals surface area contributed by atoms with Gasteiger partial charge in [-0.1, -0.05) is 5.57 Å². The van der Waals surface area contributed by atoms with Gasteiger partial charge >= 0.3 is 6.09 Å². The molecule has 4 nitrogen and oxygen atoms in total. The fourth-order valence-electron chi connectivity index (χ4n) is 2.02. The molecule has 2 amide bonds. The first-order valence-electron chi connectivity index (χ1n) is 4.88. The molecular formula is C10H13NO3. The Morgan fingerprint density at radius 1 is 1.29 bits per heavy atom. The fraction of sp³-hybridized carbons (Fsp3) is 0.600. The third-order valence-corrected chi connectivity index (χ3v) is 2.80. The van der Waals surface area contributed by atoms with Gasteiger partial charge in [0.15, 0.2) is 0 Å². The molecule has 0 radical (unpaired) electrons. The first-order chi connectivity index (χ1) is 6.68. The molecule has 0 aromatic heterocycles. The largest absolute Gasteiger partial charge is 0.431 e. The van der Waals surface area contributed by atoms with Crippen LogP contribution in [0.1, 0.15) is 32.6 Å². The zero-order valence-corrected chi connectivity index (χ0v) is 8.13. The van der Waals surface area contributed by atoms with Crippen LogP contribution in [0.4, 0.5) is 4.79 Å². The van der Waals surface area contributed by atoms with Crippen molar-refractivity contribution in [2.24, 2.45) is 0 Å². The van der Waals surface area contributed by atoms with Crippen molar-refractivity contribution in [2.75, 3.05) is 0 Å². The zero-order valence-electron chi connectivity index (χ0n) is 8.13. The van der Waals surface area contributed by atoms with Crippen molar-refractivity contribution in [2.45, 2.75) is 38.7 Å². The van der Waals surface area contributed by atoms with Crippen molar-refractivity contribution in [1.29, 1.82) is 0 Å². The van der Waals surface area contributed by atoms with Crippen LogP contribution in [0.25, 0.3) is 0 Å². The molecule has 0 aromatic carbocycles. The number of amides is 2. The Morgan fingerprint density at radius 2 is 2.00 bits per heavy atom. The van der Waals surface area contributed by atoms with Crippen LogP contribution in [0.15, 0.2) is 11.1 Å². The van der Waals surface area contributed by atoms with Crippen molar-refractivity contribution in [1.82, 2.24) is 5.32 Å². The summed E-state index contributed by atoms with van der Waals surface area (Å²) in [5.41, 5.74) is 2.20. The van der Waals surface area contributed by atoms with E-state index in [2.05, 4.69) is 5.32 Å². The monoisotopic (exact) mass is 195 g/mol. The minimum absolute atomic E-state index is 0.314. The summed E-state index contributed by atoms with van der Waals surface area (Å²) in [6.07, 6.45) is 2.85. The summed E-state index contributed by atoms with van der Waals surface area (Å²) in [6, 6.07) is 0. The van der Waals surface area contributed by atoms with Crippen LogP contribution in [0.2, 0.25) is 0 Å². The van der Waals surface area contributed by atoms with Crippen LogP contribution in [-0.4, -0.2) is 18.1 Å². The van der Waals surface area contributed by atoms with Crippen LogP contribution >= 0.6 is 0 Å². The number of allylic oxidation sites excluding steroid dienone is 1. The fourth-order valence-corrected chi connectivity index (χ4v) is 2.02. The minimum atomic E-state index is -0.650. The Hall–Kier alpha value is -1.32. The van der Waals surface area contributed by atoms with Gasteiger partial charge in [-0.05, 0) is 38.2 Å². The Kier molecular flexibility index (Phi) is 2.27. The van der Waals surface area contributed by atoms with E-state index in [9.17, 15) is 9.59 Å². The van der Waals surface area contributed by atoms with Gasteiger partial charge < -0.3 is 4.74 Å². The smallest absolute Gasteiger partial charge is 0.415 e. The van der Waals surface area contributed by atoms with Gasteiger partial charge in [0.25, 0.3) is 5.91 Å². The highest BCUT2D eigenvalue weighted by Crippen LogP contribution is 2.29. The van der Waals surface area contributed by atoms with E-state index in [1.165, 1.54) is 5.57 Å². The van der Waals surface area contributed by atoms with Gasteiger partial charge in [-0.15, -0.1) is 0 Å². The highest BCUT2D eigenvalue weighted by molar-refractivity contribution is 6.01. The Balaban J connectivity index is 2.22. The molecule has 0 bridgehead atoms. The molecule has 1 N–H and O–H groups in total. The molecule has 1 aliphatic carbocycles. The molecule has 2 rings (SSSR count). The van der Waals surface area contributed by atoms with E-state index in [0.717, 1.165) is 31.3 Å². The maximum atomic E-state index is 11.3. The Bertz CT molecular complexity index is 319. The van der Waals surface area contributed by atoms with Crippen molar-refractivity contribution < 1.29 is 14.3 Å². The van der Waals surface area contributed by atoms with Crippen molar-refractivity contribution in [3.8, 4) is 0 Å². The molecule has 2 aliphatic rings. The first-order valence-corrected chi connectivity index (χ1v) is 4.88. The number of alkyl carbamates (subject to hydrolysis) is 1. The summed E-state index contributed by atoms with van der Waals surface area (Å²) >= 11 is 0. The summed E-state index contributed by atoms with van der Waals surface area (Å²) in [5.74, 6) is -0.314. The maximum absolute atomic E-state index is 11.3. The predicted molar refractivity (Wildman–Crippen MR) is 49.6 cm³/mol. The Morgan fingerprint density at radius 3 is 2.57 bits per heavy atom. The standard InChI is InChI=1S/C10H13NO3/c1-6-4-2-3-5-7(6)8-9(12)11-10(13)14-8/h8H,2-5H2,1H3,(H,11,12,13). The van der Waals surface area contributed by atoms with Crippen LogP contribution in [0.3, 0.4) is 0 Å². The second-order valence-corrected chi connectivity index (χ2v) is 3.79. The van der Waals surface area contributed by atoms with Crippen LogP contribution < -0.4 is 5.32 Å². The molecule has 1 fully saturated rings. The molecular weight excluding hydrogens is 182 g/mol. The number of ether oxygens (including phenoxy) is 1. The molecule has 14 heavy (non-hydrogen) atoms. The average molecular weight is 195 g/mol. The van der Waals surface area contributed by atoms with Crippen molar-refractivity contribution >= 4 is 12.0 Å². The second kappa shape index (κ2) is 3.44. The molecule has 0 spiro atoms. The average Bonchev–Trinajstić information content (AvgIpc) is 2.46. The van der Waals surface area contributed by atoms with Crippen LogP contribution in [0, 0.1) is 0 Å². The normalized spacial score (nSPS) is 27.6. The van der Waals surface area contributed by atoms with Crippen LogP contribution in [0.5, 0.6) is 0 Å². The van der Waals surface area contributed by atoms with E-state index in [1.54, 1.807) is 0 Å².